The van der Waals surface area contributed by atoms with Crippen molar-refractivity contribution < 1.29 is 31.8 Å². The number of nitrogens with zero attached hydrogens (tertiary/aromatic N) is 1. The average molecular weight is 476 g/mol. The zero-order valence-corrected chi connectivity index (χ0v) is 18.6. The van der Waals surface area contributed by atoms with Crippen molar-refractivity contribution in [3.8, 4) is 11.5 Å². The molecule has 9 heteroatoms. The van der Waals surface area contributed by atoms with Gasteiger partial charge in [-0.1, -0.05) is 24.3 Å². The molecular weight excluding hydrogens is 452 g/mol. The average Bonchev–Trinajstić information content (AvgIpc) is 2.83. The highest BCUT2D eigenvalue weighted by Gasteiger charge is 2.30. The molecule has 2 N–H and O–H groups in total. The van der Waals surface area contributed by atoms with Gasteiger partial charge in [0.2, 0.25) is 5.91 Å². The monoisotopic (exact) mass is 476 g/mol. The molecule has 0 spiro atoms. The molecule has 0 aliphatic heterocycles. The summed E-state index contributed by atoms with van der Waals surface area (Å²) in [5.41, 5.74) is 6.95. The fourth-order valence-corrected chi connectivity index (χ4v) is 3.44. The quantitative estimate of drug-likeness (QED) is 0.458. The summed E-state index contributed by atoms with van der Waals surface area (Å²) in [7, 11) is 2.94. The number of rotatable bonds is 8. The van der Waals surface area contributed by atoms with Crippen LogP contribution in [0, 0.1) is 5.82 Å². The number of hydrogen-bond donors (Lipinski definition) is 1. The van der Waals surface area contributed by atoms with E-state index in [1.807, 2.05) is 0 Å². The number of benzene rings is 3. The van der Waals surface area contributed by atoms with E-state index in [4.69, 9.17) is 15.2 Å². The maximum Gasteiger partial charge on any atom is 0.416 e. The molecule has 5 nitrogen and oxygen atoms in total. The Morgan fingerprint density at radius 1 is 0.941 bits per heavy atom. The maximum atomic E-state index is 13.4. The Bertz CT molecular complexity index is 1120. The van der Waals surface area contributed by atoms with Gasteiger partial charge < -0.3 is 20.1 Å². The van der Waals surface area contributed by atoms with E-state index in [1.54, 1.807) is 18.2 Å². The minimum absolute atomic E-state index is 0.134. The van der Waals surface area contributed by atoms with E-state index in [1.165, 1.54) is 55.5 Å². The van der Waals surface area contributed by atoms with Crippen molar-refractivity contribution in [3.63, 3.8) is 0 Å². The molecule has 1 atom stereocenters. The van der Waals surface area contributed by atoms with Crippen molar-refractivity contribution in [1.29, 1.82) is 0 Å². The Labute approximate surface area is 194 Å². The van der Waals surface area contributed by atoms with Gasteiger partial charge in [-0.05, 0) is 53.9 Å². The maximum absolute atomic E-state index is 13.4. The summed E-state index contributed by atoms with van der Waals surface area (Å²) >= 11 is 0. The van der Waals surface area contributed by atoms with Gasteiger partial charge in [0, 0.05) is 18.3 Å². The molecule has 3 rings (SSSR count). The summed E-state index contributed by atoms with van der Waals surface area (Å²) in [5, 5.41) is 0. The van der Waals surface area contributed by atoms with E-state index in [-0.39, 0.29) is 13.0 Å². The van der Waals surface area contributed by atoms with Crippen molar-refractivity contribution in [2.45, 2.75) is 18.6 Å². The standard InChI is InChI=1S/C25H24F4N2O3/c1-33-21-12-11-20(15-22(21)34-2)31(24(32)23(30)17-5-9-19(26)10-6-17)14-13-16-3-7-18(8-4-16)25(27,28)29/h3-12,15,23H,13-14,30H2,1-2H3. The predicted molar refractivity (Wildman–Crippen MR) is 120 cm³/mol. The normalized spacial score (nSPS) is 12.2. The van der Waals surface area contributed by atoms with Crippen LogP contribution in [0.5, 0.6) is 11.5 Å². The second kappa shape index (κ2) is 10.6. The summed E-state index contributed by atoms with van der Waals surface area (Å²) in [4.78, 5) is 14.8. The van der Waals surface area contributed by atoms with Crippen molar-refractivity contribution in [2.24, 2.45) is 5.73 Å². The first-order chi connectivity index (χ1) is 16.1. The van der Waals surface area contributed by atoms with E-state index >= 15 is 0 Å². The third-order valence-corrected chi connectivity index (χ3v) is 5.35. The smallest absolute Gasteiger partial charge is 0.416 e. The summed E-state index contributed by atoms with van der Waals surface area (Å²) < 4.78 is 62.5. The van der Waals surface area contributed by atoms with Crippen molar-refractivity contribution >= 4 is 11.6 Å². The number of methoxy groups -OCH3 is 2. The highest BCUT2D eigenvalue weighted by atomic mass is 19.4. The molecule has 0 bridgehead atoms. The number of amides is 1. The molecule has 3 aromatic rings. The molecule has 0 saturated heterocycles. The van der Waals surface area contributed by atoms with Crippen molar-refractivity contribution in [1.82, 2.24) is 0 Å². The van der Waals surface area contributed by atoms with Crippen LogP contribution in [0.1, 0.15) is 22.7 Å². The van der Waals surface area contributed by atoms with Crippen LogP contribution in [0.15, 0.2) is 66.7 Å². The first kappa shape index (κ1) is 25.0. The van der Waals surface area contributed by atoms with Gasteiger partial charge in [-0.3, -0.25) is 4.79 Å². The van der Waals surface area contributed by atoms with E-state index in [2.05, 4.69) is 0 Å². The van der Waals surface area contributed by atoms with Gasteiger partial charge in [-0.15, -0.1) is 0 Å². The second-order valence-electron chi connectivity index (χ2n) is 7.50. The van der Waals surface area contributed by atoms with Crippen LogP contribution in [-0.2, 0) is 17.4 Å². The SMILES string of the molecule is COc1ccc(N(CCc2ccc(C(F)(F)F)cc2)C(=O)C(N)c2ccc(F)cc2)cc1OC. The molecule has 3 aromatic carbocycles. The van der Waals surface area contributed by atoms with E-state index in [0.717, 1.165) is 12.1 Å². The first-order valence-corrected chi connectivity index (χ1v) is 10.3. The summed E-state index contributed by atoms with van der Waals surface area (Å²) in [6.45, 7) is 0.134. The Hall–Kier alpha value is -3.59. The molecule has 1 unspecified atom stereocenters. The predicted octanol–water partition coefficient (Wildman–Crippen LogP) is 5.14. The topological polar surface area (TPSA) is 64.8 Å². The zero-order valence-electron chi connectivity index (χ0n) is 18.6. The third-order valence-electron chi connectivity index (χ3n) is 5.35. The lowest BCUT2D eigenvalue weighted by molar-refractivity contribution is -0.137. The lowest BCUT2D eigenvalue weighted by atomic mass is 10.0. The zero-order chi connectivity index (χ0) is 24.9. The number of carbonyl (C=O) groups excluding carboxylic acids is 1. The summed E-state index contributed by atoms with van der Waals surface area (Å²) in [6, 6.07) is 13.9. The molecule has 0 heterocycles. The van der Waals surface area contributed by atoms with E-state index < -0.39 is 29.5 Å². The van der Waals surface area contributed by atoms with Crippen LogP contribution < -0.4 is 20.1 Å². The van der Waals surface area contributed by atoms with Gasteiger partial charge in [0.05, 0.1) is 19.8 Å². The van der Waals surface area contributed by atoms with Gasteiger partial charge in [-0.2, -0.15) is 13.2 Å². The van der Waals surface area contributed by atoms with Gasteiger partial charge in [-0.25, -0.2) is 4.39 Å². The van der Waals surface area contributed by atoms with Crippen LogP contribution in [0.4, 0.5) is 23.2 Å². The molecule has 34 heavy (non-hydrogen) atoms. The number of nitrogens with two attached hydrogens (primary N) is 1. The van der Waals surface area contributed by atoms with Crippen LogP contribution in [0.25, 0.3) is 0 Å². The largest absolute Gasteiger partial charge is 0.493 e. The fourth-order valence-electron chi connectivity index (χ4n) is 3.44. The lowest BCUT2D eigenvalue weighted by Gasteiger charge is -2.27. The minimum Gasteiger partial charge on any atom is -0.493 e. The molecule has 0 aromatic heterocycles. The Kier molecular flexibility index (Phi) is 7.78. The Balaban J connectivity index is 1.90. The molecule has 0 aliphatic carbocycles. The summed E-state index contributed by atoms with van der Waals surface area (Å²) in [5.74, 6) is -0.0694. The highest BCUT2D eigenvalue weighted by molar-refractivity contribution is 5.98. The number of alkyl halides is 3. The van der Waals surface area contributed by atoms with Crippen LogP contribution in [-0.4, -0.2) is 26.7 Å². The van der Waals surface area contributed by atoms with Gasteiger partial charge >= 0.3 is 6.18 Å². The van der Waals surface area contributed by atoms with Crippen molar-refractivity contribution in [3.05, 3.63) is 89.2 Å². The molecule has 0 aliphatic rings. The molecule has 0 fully saturated rings. The number of ether oxygens (including phenoxy) is 2. The number of halogens is 4. The summed E-state index contributed by atoms with van der Waals surface area (Å²) in [6.07, 6.45) is -4.16. The van der Waals surface area contributed by atoms with Crippen molar-refractivity contribution in [2.75, 3.05) is 25.7 Å². The minimum atomic E-state index is -4.43. The lowest BCUT2D eigenvalue weighted by Crippen LogP contribution is -2.40. The molecule has 180 valence electrons. The number of anilines is 1. The Morgan fingerprint density at radius 3 is 2.12 bits per heavy atom. The van der Waals surface area contributed by atoms with E-state index in [9.17, 15) is 22.4 Å². The molecular formula is C25H24F4N2O3. The molecule has 1 amide bonds. The third kappa shape index (κ3) is 5.85. The van der Waals surface area contributed by atoms with Gasteiger partial charge in [0.1, 0.15) is 11.9 Å². The van der Waals surface area contributed by atoms with E-state index in [0.29, 0.717) is 28.3 Å². The number of carbonyl (C=O) groups is 1. The van der Waals surface area contributed by atoms with Gasteiger partial charge in [0.15, 0.2) is 11.5 Å². The number of hydrogen-bond acceptors (Lipinski definition) is 4. The second-order valence-corrected chi connectivity index (χ2v) is 7.50. The Morgan fingerprint density at radius 2 is 1.56 bits per heavy atom. The van der Waals surface area contributed by atoms with Crippen LogP contribution >= 0.6 is 0 Å². The van der Waals surface area contributed by atoms with Crippen LogP contribution in [0.2, 0.25) is 0 Å². The highest BCUT2D eigenvalue weighted by Crippen LogP contribution is 2.33. The fraction of sp³-hybridized carbons (Fsp3) is 0.240. The molecule has 0 saturated carbocycles. The first-order valence-electron chi connectivity index (χ1n) is 10.3. The van der Waals surface area contributed by atoms with Gasteiger partial charge in [0.25, 0.3) is 0 Å². The van der Waals surface area contributed by atoms with Crippen LogP contribution in [0.3, 0.4) is 0 Å². The molecule has 0 radical (unpaired) electrons.